The number of nitrogens with zero attached hydrogens (tertiary/aromatic N) is 2. The van der Waals surface area contributed by atoms with E-state index in [1.807, 2.05) is 18.2 Å². The predicted molar refractivity (Wildman–Crippen MR) is 102 cm³/mol. The van der Waals surface area contributed by atoms with Crippen LogP contribution in [0.4, 0.5) is 0 Å². The number of fused-ring (bicyclic) bond motifs is 1. The second-order valence-electron chi connectivity index (χ2n) is 6.82. The molecule has 0 radical (unpaired) electrons. The van der Waals surface area contributed by atoms with Crippen LogP contribution >= 0.6 is 0 Å². The first kappa shape index (κ1) is 19.7. The van der Waals surface area contributed by atoms with E-state index in [1.165, 1.54) is 28.8 Å². The van der Waals surface area contributed by atoms with Crippen molar-refractivity contribution in [1.29, 1.82) is 0 Å². The van der Waals surface area contributed by atoms with Crippen LogP contribution in [0.15, 0.2) is 24.3 Å². The molecular weight excluding hydrogens is 370 g/mol. The Morgan fingerprint density at radius 3 is 2.67 bits per heavy atom. The van der Waals surface area contributed by atoms with Crippen molar-refractivity contribution in [2.75, 3.05) is 40.5 Å². The zero-order chi connectivity index (χ0) is 19.4. The molecule has 148 valence electrons. The van der Waals surface area contributed by atoms with Crippen LogP contribution < -0.4 is 14.8 Å². The maximum atomic E-state index is 12.1. The maximum absolute atomic E-state index is 12.1. The Hall–Kier alpha value is -2.10. The fourth-order valence-corrected chi connectivity index (χ4v) is 4.20. The Morgan fingerprint density at radius 2 is 1.96 bits per heavy atom. The first-order valence-corrected chi connectivity index (χ1v) is 10.3. The number of carbonyl (C=O) groups is 1. The molecule has 0 bridgehead atoms. The number of hydrogen-bond donors (Lipinski definition) is 1. The van der Waals surface area contributed by atoms with Crippen LogP contribution in [-0.4, -0.2) is 63.5 Å². The van der Waals surface area contributed by atoms with Gasteiger partial charge in [0.05, 0.1) is 0 Å². The number of piperidine rings is 1. The summed E-state index contributed by atoms with van der Waals surface area (Å²) in [6.45, 7) is 1.72. The molecule has 2 aliphatic rings. The van der Waals surface area contributed by atoms with E-state index < -0.39 is 10.2 Å². The molecule has 1 saturated heterocycles. The van der Waals surface area contributed by atoms with Gasteiger partial charge in [-0.2, -0.15) is 17.0 Å². The van der Waals surface area contributed by atoms with Crippen molar-refractivity contribution in [2.45, 2.75) is 12.8 Å². The molecule has 3 rings (SSSR count). The van der Waals surface area contributed by atoms with Crippen molar-refractivity contribution in [1.82, 2.24) is 13.9 Å². The molecule has 0 saturated carbocycles. The zero-order valence-corrected chi connectivity index (χ0v) is 16.4. The van der Waals surface area contributed by atoms with Crippen molar-refractivity contribution in [3.8, 4) is 11.5 Å². The molecule has 1 fully saturated rings. The van der Waals surface area contributed by atoms with Gasteiger partial charge in [0, 0.05) is 39.8 Å². The summed E-state index contributed by atoms with van der Waals surface area (Å²) >= 11 is 0. The van der Waals surface area contributed by atoms with E-state index in [9.17, 15) is 13.2 Å². The Morgan fingerprint density at radius 1 is 1.26 bits per heavy atom. The highest BCUT2D eigenvalue weighted by Crippen LogP contribution is 2.32. The van der Waals surface area contributed by atoms with Gasteiger partial charge in [0.15, 0.2) is 11.5 Å². The van der Waals surface area contributed by atoms with Gasteiger partial charge in [-0.1, -0.05) is 6.07 Å². The molecule has 0 spiro atoms. The smallest absolute Gasteiger partial charge is 0.281 e. The average molecular weight is 395 g/mol. The van der Waals surface area contributed by atoms with Crippen molar-refractivity contribution >= 4 is 22.2 Å². The second-order valence-corrected chi connectivity index (χ2v) is 8.97. The van der Waals surface area contributed by atoms with Crippen LogP contribution in [0.25, 0.3) is 6.08 Å². The minimum Gasteiger partial charge on any atom is -0.454 e. The Bertz CT molecular complexity index is 814. The van der Waals surface area contributed by atoms with Gasteiger partial charge in [-0.15, -0.1) is 0 Å². The maximum Gasteiger partial charge on any atom is 0.281 e. The molecule has 0 aliphatic carbocycles. The summed E-state index contributed by atoms with van der Waals surface area (Å²) in [7, 11) is -0.278. The van der Waals surface area contributed by atoms with Crippen LogP contribution in [0, 0.1) is 5.92 Å². The van der Waals surface area contributed by atoms with Gasteiger partial charge in [0.2, 0.25) is 12.7 Å². The largest absolute Gasteiger partial charge is 0.454 e. The minimum absolute atomic E-state index is 0.170. The molecule has 1 aromatic carbocycles. The monoisotopic (exact) mass is 395 g/mol. The summed E-state index contributed by atoms with van der Waals surface area (Å²) in [5, 5.41) is 2.89. The lowest BCUT2D eigenvalue weighted by Gasteiger charge is -2.32. The third kappa shape index (κ3) is 4.79. The van der Waals surface area contributed by atoms with Gasteiger partial charge < -0.3 is 14.8 Å². The SMILES string of the molecule is CN(C)S(=O)(=O)N1CCC(CNC(=O)C=Cc2ccc3c(c2)OCO3)CC1. The molecule has 8 nitrogen and oxygen atoms in total. The number of nitrogens with one attached hydrogen (secondary N) is 1. The average Bonchev–Trinajstić information content (AvgIpc) is 3.12. The highest BCUT2D eigenvalue weighted by molar-refractivity contribution is 7.86. The molecule has 0 atom stereocenters. The third-order valence-corrected chi connectivity index (χ3v) is 6.69. The molecule has 27 heavy (non-hydrogen) atoms. The van der Waals surface area contributed by atoms with Gasteiger partial charge in [0.1, 0.15) is 0 Å². The highest BCUT2D eigenvalue weighted by atomic mass is 32.2. The van der Waals surface area contributed by atoms with Crippen molar-refractivity contribution < 1.29 is 22.7 Å². The Balaban J connectivity index is 1.44. The summed E-state index contributed by atoms with van der Waals surface area (Å²) in [6, 6.07) is 5.50. The number of amides is 1. The van der Waals surface area contributed by atoms with Gasteiger partial charge in [-0.05, 0) is 42.5 Å². The van der Waals surface area contributed by atoms with Gasteiger partial charge >= 0.3 is 0 Å². The third-order valence-electron chi connectivity index (χ3n) is 4.75. The number of carbonyl (C=O) groups excluding carboxylic acids is 1. The summed E-state index contributed by atoms with van der Waals surface area (Å²) in [5.41, 5.74) is 0.858. The van der Waals surface area contributed by atoms with Crippen LogP contribution in [0.5, 0.6) is 11.5 Å². The molecule has 1 amide bonds. The first-order chi connectivity index (χ1) is 12.9. The summed E-state index contributed by atoms with van der Waals surface area (Å²) in [4.78, 5) is 12.0. The van der Waals surface area contributed by atoms with Crippen LogP contribution in [0.2, 0.25) is 0 Å². The summed E-state index contributed by atoms with van der Waals surface area (Å²) in [5.74, 6) is 1.49. The lowest BCUT2D eigenvalue weighted by Crippen LogP contribution is -2.45. The molecular formula is C18H25N3O5S. The van der Waals surface area contributed by atoms with E-state index in [2.05, 4.69) is 5.32 Å². The molecule has 2 heterocycles. The predicted octanol–water partition coefficient (Wildman–Crippen LogP) is 1.06. The standard InChI is InChI=1S/C18H25N3O5S/c1-20(2)27(23,24)21-9-7-15(8-10-21)12-19-18(22)6-4-14-3-5-16-17(11-14)26-13-25-16/h3-6,11,15H,7-10,12-13H2,1-2H3,(H,19,22). The molecule has 1 N–H and O–H groups in total. The molecule has 1 aromatic rings. The molecule has 0 unspecified atom stereocenters. The highest BCUT2D eigenvalue weighted by Gasteiger charge is 2.29. The molecule has 9 heteroatoms. The van der Waals surface area contributed by atoms with Crippen molar-refractivity contribution in [2.24, 2.45) is 5.92 Å². The number of benzene rings is 1. The molecule has 0 aromatic heterocycles. The lowest BCUT2D eigenvalue weighted by atomic mass is 9.98. The summed E-state index contributed by atoms with van der Waals surface area (Å²) in [6.07, 6.45) is 4.69. The van der Waals surface area contributed by atoms with E-state index >= 15 is 0 Å². The van der Waals surface area contributed by atoms with Crippen LogP contribution in [-0.2, 0) is 15.0 Å². The van der Waals surface area contributed by atoms with Gasteiger partial charge in [-0.3, -0.25) is 4.79 Å². The van der Waals surface area contributed by atoms with Crippen molar-refractivity contribution in [3.05, 3.63) is 29.8 Å². The van der Waals surface area contributed by atoms with E-state index in [0.29, 0.717) is 31.1 Å². The Kier molecular flexibility index (Phi) is 6.03. The first-order valence-electron chi connectivity index (χ1n) is 8.89. The quantitative estimate of drug-likeness (QED) is 0.728. The summed E-state index contributed by atoms with van der Waals surface area (Å²) < 4.78 is 37.5. The number of rotatable bonds is 6. The Labute approximate surface area is 159 Å². The number of ether oxygens (including phenoxy) is 2. The number of hydrogen-bond acceptors (Lipinski definition) is 5. The minimum atomic E-state index is -3.35. The van der Waals surface area contributed by atoms with Crippen LogP contribution in [0.1, 0.15) is 18.4 Å². The van der Waals surface area contributed by atoms with Crippen LogP contribution in [0.3, 0.4) is 0 Å². The van der Waals surface area contributed by atoms with E-state index in [4.69, 9.17) is 9.47 Å². The second kappa shape index (κ2) is 8.28. The van der Waals surface area contributed by atoms with E-state index in [1.54, 1.807) is 6.08 Å². The fraction of sp³-hybridized carbons (Fsp3) is 0.500. The van der Waals surface area contributed by atoms with Gasteiger partial charge in [-0.25, -0.2) is 0 Å². The van der Waals surface area contributed by atoms with E-state index in [0.717, 1.165) is 18.4 Å². The zero-order valence-electron chi connectivity index (χ0n) is 15.6. The lowest BCUT2D eigenvalue weighted by molar-refractivity contribution is -0.116. The fourth-order valence-electron chi connectivity index (χ4n) is 3.07. The van der Waals surface area contributed by atoms with Gasteiger partial charge in [0.25, 0.3) is 10.2 Å². The normalized spacial score (nSPS) is 18.3. The van der Waals surface area contributed by atoms with Crippen molar-refractivity contribution in [3.63, 3.8) is 0 Å². The van der Waals surface area contributed by atoms with E-state index in [-0.39, 0.29) is 18.6 Å². The topological polar surface area (TPSA) is 88.2 Å². The molecule has 2 aliphatic heterocycles.